The van der Waals surface area contributed by atoms with Crippen LogP contribution in [0.2, 0.25) is 0 Å². The number of hydrogen-bond donors (Lipinski definition) is 0. The van der Waals surface area contributed by atoms with Crippen molar-refractivity contribution in [1.29, 1.82) is 0 Å². The fourth-order valence-electron chi connectivity index (χ4n) is 7.69. The summed E-state index contributed by atoms with van der Waals surface area (Å²) in [5.41, 5.74) is 17.8. The number of aryl methyl sites for hydroxylation is 7. The third-order valence-corrected chi connectivity index (χ3v) is 9.37. The van der Waals surface area contributed by atoms with Crippen LogP contribution in [0.5, 0.6) is 5.75 Å². The molecule has 2 radical (unpaired) electrons. The number of benzene rings is 4. The molecule has 0 aromatic heterocycles. The van der Waals surface area contributed by atoms with Gasteiger partial charge in [0.05, 0.1) is 7.11 Å². The third-order valence-electron chi connectivity index (χ3n) is 9.37. The van der Waals surface area contributed by atoms with Crippen molar-refractivity contribution in [3.05, 3.63) is 138 Å². The standard InChI is InChI=1S/C23H27O.C21H21.2CH3.Si.Zr/c1-14-8-15(2)11-18(10-14)21-19-12-16(3)9-17(19)13-20(22(21)24-7)23(4,5)6;1-13-7-14(2)10-18(9-13)21-19-6-4-5-16(19)12-17-8-15(3)11-20(17)21;;;;/h8-13H,1-7H3;7-12H,4-6H2,1-3H3;2*1H3;;/q4*-1;;. The molecule has 0 unspecified atom stereocenters. The zero-order chi connectivity index (χ0) is 34.2. The minimum absolute atomic E-state index is 0. The fourth-order valence-corrected chi connectivity index (χ4v) is 7.69. The molecule has 0 heterocycles. The van der Waals surface area contributed by atoms with Gasteiger partial charge in [-0.25, -0.2) is 0 Å². The summed E-state index contributed by atoms with van der Waals surface area (Å²) in [5, 5.41) is 5.44. The van der Waals surface area contributed by atoms with Crippen LogP contribution in [-0.4, -0.2) is 14.0 Å². The van der Waals surface area contributed by atoms with E-state index in [9.17, 15) is 0 Å². The van der Waals surface area contributed by atoms with Crippen molar-refractivity contribution < 1.29 is 28.1 Å². The number of fused-ring (bicyclic) bond motifs is 3. The van der Waals surface area contributed by atoms with Gasteiger partial charge in [-0.1, -0.05) is 110 Å². The quantitative estimate of drug-likeness (QED) is 0.130. The van der Waals surface area contributed by atoms with Crippen LogP contribution in [0.15, 0.2) is 72.8 Å². The monoisotopic (exact) mass is 740 g/mol. The van der Waals surface area contributed by atoms with Gasteiger partial charge in [-0.15, -0.1) is 56.9 Å². The second-order valence-corrected chi connectivity index (χ2v) is 14.6. The summed E-state index contributed by atoms with van der Waals surface area (Å²) in [6.45, 7) is 22.9. The average Bonchev–Trinajstić information content (AvgIpc) is 3.71. The van der Waals surface area contributed by atoms with Gasteiger partial charge in [-0.05, 0) is 74.6 Å². The number of hydrogen-bond acceptors (Lipinski definition) is 1. The van der Waals surface area contributed by atoms with Crippen molar-refractivity contribution in [3.8, 4) is 28.0 Å². The van der Waals surface area contributed by atoms with Gasteiger partial charge in [0.15, 0.2) is 0 Å². The Labute approximate surface area is 314 Å². The molecule has 6 aromatic carbocycles. The Bertz CT molecular complexity index is 2040. The Hall–Kier alpha value is -3.00. The molecule has 256 valence electrons. The van der Waals surface area contributed by atoms with E-state index in [0.717, 1.165) is 5.75 Å². The number of ether oxygens (including phenoxy) is 1. The van der Waals surface area contributed by atoms with Crippen molar-refractivity contribution in [2.24, 2.45) is 0 Å². The van der Waals surface area contributed by atoms with Crippen LogP contribution in [-0.2, 0) is 41.6 Å². The molecule has 1 nitrogen and oxygen atoms in total. The molecule has 0 amide bonds. The van der Waals surface area contributed by atoms with E-state index in [4.69, 9.17) is 4.74 Å². The first-order valence-corrected chi connectivity index (χ1v) is 20.9. The molecular weight excluding hydrogens is 688 g/mol. The molecule has 3 heteroatoms. The van der Waals surface area contributed by atoms with E-state index < -0.39 is 0 Å². The first kappa shape index (κ1) is 40.4. The van der Waals surface area contributed by atoms with E-state index in [1.54, 1.807) is 18.2 Å². The van der Waals surface area contributed by atoms with Crippen LogP contribution in [0.1, 0.15) is 77.3 Å². The predicted molar refractivity (Wildman–Crippen MR) is 214 cm³/mol. The van der Waals surface area contributed by atoms with Gasteiger partial charge in [0.25, 0.3) is 0 Å². The molecule has 1 aliphatic carbocycles. The Morgan fingerprint density at radius 1 is 0.612 bits per heavy atom. The van der Waals surface area contributed by atoms with Gasteiger partial charge in [0.1, 0.15) is 5.75 Å². The zero-order valence-corrected chi connectivity index (χ0v) is 35.4. The fraction of sp³-hybridized carbons (Fsp3) is 0.304. The molecule has 6 aromatic rings. The van der Waals surface area contributed by atoms with E-state index in [-0.39, 0.29) is 20.3 Å². The van der Waals surface area contributed by atoms with Crippen LogP contribution < -0.4 is 4.74 Å². The van der Waals surface area contributed by atoms with Crippen molar-refractivity contribution in [2.75, 3.05) is 7.11 Å². The molecule has 7 rings (SSSR count). The third kappa shape index (κ3) is 8.49. The Balaban J connectivity index is 0.000000245. The molecule has 0 bridgehead atoms. The van der Waals surface area contributed by atoms with Crippen LogP contribution in [0.4, 0.5) is 0 Å². The van der Waals surface area contributed by atoms with E-state index in [2.05, 4.69) is 142 Å². The summed E-state index contributed by atoms with van der Waals surface area (Å²) in [5.74, 6) is 1.01. The Morgan fingerprint density at radius 3 is 1.53 bits per heavy atom. The van der Waals surface area contributed by atoms with E-state index >= 15 is 0 Å². The Morgan fingerprint density at radius 2 is 1.06 bits per heavy atom. The second kappa shape index (κ2) is 16.3. The van der Waals surface area contributed by atoms with Crippen LogP contribution in [0, 0.1) is 56.4 Å². The average molecular weight is 742 g/mol. The minimum atomic E-state index is 0. The molecule has 0 aliphatic heterocycles. The summed E-state index contributed by atoms with van der Waals surface area (Å²) < 4.78 is 5.95. The molecule has 0 fully saturated rings. The van der Waals surface area contributed by atoms with Gasteiger partial charge in [0.2, 0.25) is 0 Å². The molecule has 49 heavy (non-hydrogen) atoms. The van der Waals surface area contributed by atoms with Gasteiger partial charge in [-0.2, -0.15) is 12.1 Å². The maximum absolute atomic E-state index is 5.95. The van der Waals surface area contributed by atoms with Crippen molar-refractivity contribution in [1.82, 2.24) is 0 Å². The van der Waals surface area contributed by atoms with Crippen molar-refractivity contribution in [2.45, 2.75) is 87.0 Å². The summed E-state index contributed by atoms with van der Waals surface area (Å²) in [6, 6.07) is 27.7. The number of methoxy groups -OCH3 is 1. The van der Waals surface area contributed by atoms with Crippen molar-refractivity contribution in [3.63, 3.8) is 0 Å². The molecule has 0 saturated heterocycles. The molecule has 0 N–H and O–H groups in total. The van der Waals surface area contributed by atoms with Gasteiger partial charge < -0.3 is 19.6 Å². The summed E-state index contributed by atoms with van der Waals surface area (Å²) in [6.07, 6.45) is 3.78. The van der Waals surface area contributed by atoms with E-state index in [1.807, 2.05) is 0 Å². The molecule has 1 aliphatic rings. The van der Waals surface area contributed by atoms with Gasteiger partial charge in [0, 0.05) is 0 Å². The topological polar surface area (TPSA) is 9.23 Å². The SMILES string of the molecule is COc1c(C(C)(C)C)cc2[cH-]c(C)cc2c1-c1cc(C)cc(C)c1.Cc1cc(C)cc(-c2c3c(cc4[cH-]c(C)cc24)CCC3)c1.[CH3-].[CH3-].[Si]=[Zr]. The Kier molecular flexibility index (Phi) is 13.5. The van der Waals surface area contributed by atoms with Gasteiger partial charge in [-0.3, -0.25) is 0 Å². The van der Waals surface area contributed by atoms with E-state index in [1.165, 1.54) is 125 Å². The summed E-state index contributed by atoms with van der Waals surface area (Å²) >= 11 is 1.36. The summed E-state index contributed by atoms with van der Waals surface area (Å²) in [4.78, 5) is 0. The molecule has 0 saturated carbocycles. The first-order chi connectivity index (χ1) is 22.3. The maximum atomic E-state index is 5.95. The normalized spacial score (nSPS) is 11.9. The van der Waals surface area contributed by atoms with Gasteiger partial charge >= 0.3 is 30.2 Å². The number of rotatable bonds is 3. The van der Waals surface area contributed by atoms with Crippen LogP contribution in [0.3, 0.4) is 0 Å². The zero-order valence-electron chi connectivity index (χ0n) is 32.0. The molecule has 0 spiro atoms. The van der Waals surface area contributed by atoms with Crippen LogP contribution >= 0.6 is 0 Å². The predicted octanol–water partition coefficient (Wildman–Crippen LogP) is 12.6. The second-order valence-electron chi connectivity index (χ2n) is 14.6. The molecule has 0 atom stereocenters. The first-order valence-electron chi connectivity index (χ1n) is 16.7. The van der Waals surface area contributed by atoms with E-state index in [0.29, 0.717) is 0 Å². The van der Waals surface area contributed by atoms with Crippen molar-refractivity contribution >= 4 is 28.4 Å². The summed E-state index contributed by atoms with van der Waals surface area (Å²) in [7, 11) is 1.79. The van der Waals surface area contributed by atoms with Crippen LogP contribution in [0.25, 0.3) is 43.8 Å². The molecular formula is C46H54OSiZr-4.